The van der Waals surface area contributed by atoms with Gasteiger partial charge in [0, 0.05) is 18.0 Å². The smallest absolute Gasteiger partial charge is 0.336 e. The van der Waals surface area contributed by atoms with E-state index in [1.165, 1.54) is 0 Å². The highest BCUT2D eigenvalue weighted by Gasteiger charge is 2.42. The lowest BCUT2D eigenvalue weighted by Gasteiger charge is -2.32. The van der Waals surface area contributed by atoms with Crippen molar-refractivity contribution in [3.05, 3.63) is 107 Å². The minimum absolute atomic E-state index is 0.0398. The van der Waals surface area contributed by atoms with E-state index in [2.05, 4.69) is 0 Å². The molecule has 1 atom stereocenters. The number of amides is 1. The average molecular weight is 425 g/mol. The van der Waals surface area contributed by atoms with Gasteiger partial charge in [0.05, 0.1) is 11.3 Å². The number of aryl methyl sites for hydroxylation is 1. The van der Waals surface area contributed by atoms with E-state index in [0.717, 1.165) is 28.1 Å². The number of carbonyl (C=O) groups is 2. The molecule has 3 aromatic rings. The van der Waals surface area contributed by atoms with Crippen molar-refractivity contribution in [2.75, 3.05) is 11.5 Å². The van der Waals surface area contributed by atoms with Crippen molar-refractivity contribution >= 4 is 17.6 Å². The molecule has 2 aliphatic heterocycles. The third kappa shape index (κ3) is 3.78. The van der Waals surface area contributed by atoms with Crippen LogP contribution >= 0.6 is 0 Å². The zero-order valence-electron chi connectivity index (χ0n) is 17.8. The van der Waals surface area contributed by atoms with E-state index in [4.69, 9.17) is 9.47 Å². The van der Waals surface area contributed by atoms with Crippen LogP contribution in [-0.4, -0.2) is 18.5 Å². The quantitative estimate of drug-likeness (QED) is 0.546. The Balaban J connectivity index is 1.41. The van der Waals surface area contributed by atoms with Gasteiger partial charge in [-0.3, -0.25) is 9.69 Å². The molecule has 0 fully saturated rings. The minimum atomic E-state index is -0.348. The zero-order valence-corrected chi connectivity index (χ0v) is 17.8. The highest BCUT2D eigenvalue weighted by atomic mass is 16.5. The molecule has 5 rings (SSSR count). The van der Waals surface area contributed by atoms with Gasteiger partial charge in [-0.1, -0.05) is 54.6 Å². The summed E-state index contributed by atoms with van der Waals surface area (Å²) in [5.74, 6) is 0.0303. The topological polar surface area (TPSA) is 55.8 Å². The lowest BCUT2D eigenvalue weighted by molar-refractivity contribution is -0.136. The maximum absolute atomic E-state index is 13.2. The van der Waals surface area contributed by atoms with Crippen molar-refractivity contribution in [1.29, 1.82) is 0 Å². The van der Waals surface area contributed by atoms with E-state index < -0.39 is 0 Å². The van der Waals surface area contributed by atoms with Crippen LogP contribution in [0.3, 0.4) is 0 Å². The first-order chi connectivity index (χ1) is 15.6. The van der Waals surface area contributed by atoms with Gasteiger partial charge in [0.25, 0.3) is 0 Å². The molecule has 0 radical (unpaired) electrons. The largest absolute Gasteiger partial charge is 0.489 e. The molecular formula is C27H23NO4. The van der Waals surface area contributed by atoms with E-state index >= 15 is 0 Å². The molecule has 2 aliphatic rings. The predicted octanol–water partition coefficient (Wildman–Crippen LogP) is 4.91. The van der Waals surface area contributed by atoms with Crippen molar-refractivity contribution < 1.29 is 19.1 Å². The van der Waals surface area contributed by atoms with Crippen molar-refractivity contribution in [2.45, 2.75) is 25.9 Å². The molecule has 0 aliphatic carbocycles. The first kappa shape index (κ1) is 20.1. The van der Waals surface area contributed by atoms with Gasteiger partial charge in [-0.2, -0.15) is 0 Å². The van der Waals surface area contributed by atoms with Crippen LogP contribution < -0.4 is 9.64 Å². The van der Waals surface area contributed by atoms with Crippen LogP contribution in [-0.2, 0) is 20.9 Å². The number of hydrogen-bond donors (Lipinski definition) is 0. The Morgan fingerprint density at radius 1 is 0.969 bits per heavy atom. The number of carbonyl (C=O) groups excluding carboxylic acids is 2. The number of ether oxygens (including phenoxy) is 2. The molecule has 160 valence electrons. The highest BCUT2D eigenvalue weighted by Crippen LogP contribution is 2.42. The van der Waals surface area contributed by atoms with Crippen LogP contribution in [0, 0.1) is 6.92 Å². The molecule has 3 aromatic carbocycles. The Hall–Kier alpha value is -3.86. The Labute approximate surface area is 186 Å². The number of benzene rings is 3. The fourth-order valence-corrected chi connectivity index (χ4v) is 4.34. The molecule has 5 heteroatoms. The molecule has 0 bridgehead atoms. The number of rotatable bonds is 5. The number of hydrogen-bond acceptors (Lipinski definition) is 4. The van der Waals surface area contributed by atoms with E-state index in [0.29, 0.717) is 17.9 Å². The summed E-state index contributed by atoms with van der Waals surface area (Å²) in [5, 5.41) is 0. The summed E-state index contributed by atoms with van der Waals surface area (Å²) in [4.78, 5) is 27.4. The third-order valence-electron chi connectivity index (χ3n) is 5.91. The zero-order chi connectivity index (χ0) is 22.1. The van der Waals surface area contributed by atoms with E-state index in [9.17, 15) is 9.59 Å². The Morgan fingerprint density at radius 3 is 2.50 bits per heavy atom. The molecule has 0 N–H and O–H groups in total. The lowest BCUT2D eigenvalue weighted by atomic mass is 9.84. The van der Waals surface area contributed by atoms with Crippen molar-refractivity contribution in [3.63, 3.8) is 0 Å². The van der Waals surface area contributed by atoms with Crippen molar-refractivity contribution in [2.24, 2.45) is 0 Å². The summed E-state index contributed by atoms with van der Waals surface area (Å²) in [5.41, 5.74) is 5.03. The van der Waals surface area contributed by atoms with Crippen LogP contribution in [0.15, 0.2) is 90.1 Å². The Kier molecular flexibility index (Phi) is 5.23. The molecule has 0 spiro atoms. The molecule has 0 saturated carbocycles. The first-order valence-corrected chi connectivity index (χ1v) is 10.7. The lowest BCUT2D eigenvalue weighted by Crippen LogP contribution is -2.37. The van der Waals surface area contributed by atoms with Crippen LogP contribution in [0.4, 0.5) is 5.69 Å². The van der Waals surface area contributed by atoms with Crippen LogP contribution in [0.25, 0.3) is 0 Å². The summed E-state index contributed by atoms with van der Waals surface area (Å²) in [7, 11) is 0. The fourth-order valence-electron chi connectivity index (χ4n) is 4.34. The molecular weight excluding hydrogens is 402 g/mol. The molecule has 32 heavy (non-hydrogen) atoms. The van der Waals surface area contributed by atoms with Gasteiger partial charge >= 0.3 is 5.97 Å². The fraction of sp³-hybridized carbons (Fsp3) is 0.185. The normalized spacial score (nSPS) is 17.9. The van der Waals surface area contributed by atoms with Crippen LogP contribution in [0.5, 0.6) is 5.75 Å². The number of anilines is 1. The number of cyclic esters (lactones) is 1. The maximum Gasteiger partial charge on any atom is 0.336 e. The second-order valence-electron chi connectivity index (χ2n) is 8.10. The average Bonchev–Trinajstić information content (AvgIpc) is 3.19. The number of esters is 1. The predicted molar refractivity (Wildman–Crippen MR) is 121 cm³/mol. The summed E-state index contributed by atoms with van der Waals surface area (Å²) in [6.45, 7) is 2.57. The van der Waals surface area contributed by atoms with Gasteiger partial charge < -0.3 is 9.47 Å². The van der Waals surface area contributed by atoms with Gasteiger partial charge in [-0.05, 0) is 47.9 Å². The van der Waals surface area contributed by atoms with E-state index in [1.807, 2.05) is 85.8 Å². The SMILES string of the molecule is Cc1cccc(N2C(=O)C[C@@H](c3ccc(OCc4ccccc4)cc3)C3=C2COC3=O)c1. The first-order valence-electron chi connectivity index (χ1n) is 10.7. The molecule has 1 amide bonds. The standard InChI is InChI=1S/C27H23NO4/c1-18-6-5-9-21(14-18)28-24-17-32-27(30)26(24)23(15-25(28)29)20-10-12-22(13-11-20)31-16-19-7-3-2-4-8-19/h2-14,23H,15-17H2,1H3/t23-/m0/s1. The Bertz CT molecular complexity index is 1200. The van der Waals surface area contributed by atoms with Gasteiger partial charge in [-0.15, -0.1) is 0 Å². The summed E-state index contributed by atoms with van der Waals surface area (Å²) < 4.78 is 11.2. The van der Waals surface area contributed by atoms with Crippen molar-refractivity contribution in [1.82, 2.24) is 0 Å². The highest BCUT2D eigenvalue weighted by molar-refractivity contribution is 6.06. The van der Waals surface area contributed by atoms with E-state index in [1.54, 1.807) is 4.90 Å². The molecule has 2 heterocycles. The van der Waals surface area contributed by atoms with Gasteiger partial charge in [0.15, 0.2) is 0 Å². The second-order valence-corrected chi connectivity index (χ2v) is 8.10. The maximum atomic E-state index is 13.2. The Morgan fingerprint density at radius 2 is 1.75 bits per heavy atom. The van der Waals surface area contributed by atoms with Gasteiger partial charge in [-0.25, -0.2) is 4.79 Å². The summed E-state index contributed by atoms with van der Waals surface area (Å²) in [6, 6.07) is 25.3. The third-order valence-corrected chi connectivity index (χ3v) is 5.91. The summed E-state index contributed by atoms with van der Waals surface area (Å²) in [6.07, 6.45) is 0.214. The van der Waals surface area contributed by atoms with Crippen LogP contribution in [0.1, 0.15) is 29.0 Å². The molecule has 0 aromatic heterocycles. The van der Waals surface area contributed by atoms with Crippen molar-refractivity contribution in [3.8, 4) is 5.75 Å². The molecule has 0 saturated heterocycles. The van der Waals surface area contributed by atoms with Gasteiger partial charge in [0.1, 0.15) is 19.0 Å². The van der Waals surface area contributed by atoms with Gasteiger partial charge in [0.2, 0.25) is 5.91 Å². The minimum Gasteiger partial charge on any atom is -0.489 e. The number of nitrogens with zero attached hydrogens (tertiary/aromatic N) is 1. The van der Waals surface area contributed by atoms with Crippen LogP contribution in [0.2, 0.25) is 0 Å². The van der Waals surface area contributed by atoms with E-state index in [-0.39, 0.29) is 30.8 Å². The molecule has 0 unspecified atom stereocenters. The summed E-state index contributed by atoms with van der Waals surface area (Å²) >= 11 is 0. The second kappa shape index (κ2) is 8.35. The molecule has 5 nitrogen and oxygen atoms in total. The monoisotopic (exact) mass is 425 g/mol.